The van der Waals surface area contributed by atoms with Crippen LogP contribution in [0.25, 0.3) is 0 Å². The van der Waals surface area contributed by atoms with Crippen molar-refractivity contribution in [2.75, 3.05) is 45.1 Å². The largest absolute Gasteiger partial charge is 0.497 e. The fourth-order valence-electron chi connectivity index (χ4n) is 4.11. The first kappa shape index (κ1) is 28.7. The highest BCUT2D eigenvalue weighted by atomic mass is 32.2. The Balaban J connectivity index is 1.62. The Kier molecular flexibility index (Phi) is 9.47. The number of rotatable bonds is 12. The van der Waals surface area contributed by atoms with Gasteiger partial charge in [0, 0.05) is 36.4 Å². The third-order valence-electron chi connectivity index (χ3n) is 6.11. The van der Waals surface area contributed by atoms with Gasteiger partial charge in [0.15, 0.2) is 0 Å². The SMILES string of the molecule is COCCCN1C(=O)C(Nc2cc(C)ccc2OC)=C(Sc2cccc(NC(=O)c3cccc(OC)c3)c2)C1=O. The Hall–Kier alpha value is -4.28. The number of carbonyl (C=O) groups is 3. The molecule has 0 unspecified atom stereocenters. The van der Waals surface area contributed by atoms with Crippen LogP contribution in [-0.4, -0.2) is 57.1 Å². The standard InChI is InChI=1S/C30H31N3O6S/c1-19-12-13-25(39-4)24(16-19)32-26-27(30(36)33(29(26)35)14-7-15-37-2)40-23-11-6-9-21(18-23)31-28(34)20-8-5-10-22(17-20)38-3/h5-6,8-13,16-18,32H,7,14-15H2,1-4H3,(H,31,34). The van der Waals surface area contributed by atoms with E-state index in [0.717, 1.165) is 17.3 Å². The van der Waals surface area contributed by atoms with Gasteiger partial charge in [-0.25, -0.2) is 0 Å². The molecule has 208 valence electrons. The van der Waals surface area contributed by atoms with Crippen LogP contribution in [0.15, 0.2) is 82.2 Å². The molecule has 0 fully saturated rings. The highest BCUT2D eigenvalue weighted by Gasteiger charge is 2.39. The number of nitrogens with one attached hydrogen (secondary N) is 2. The lowest BCUT2D eigenvalue weighted by molar-refractivity contribution is -0.137. The zero-order valence-electron chi connectivity index (χ0n) is 22.8. The average Bonchev–Trinajstić information content (AvgIpc) is 3.17. The summed E-state index contributed by atoms with van der Waals surface area (Å²) < 4.78 is 15.8. The molecule has 3 aromatic carbocycles. The number of nitrogens with zero attached hydrogens (tertiary/aromatic N) is 1. The van der Waals surface area contributed by atoms with Crippen molar-refractivity contribution in [2.24, 2.45) is 0 Å². The van der Waals surface area contributed by atoms with Gasteiger partial charge >= 0.3 is 0 Å². The molecule has 1 aliphatic heterocycles. The maximum absolute atomic E-state index is 13.5. The number of carbonyl (C=O) groups excluding carboxylic acids is 3. The van der Waals surface area contributed by atoms with Crippen molar-refractivity contribution in [3.8, 4) is 11.5 Å². The lowest BCUT2D eigenvalue weighted by atomic mass is 10.2. The Morgan fingerprint density at radius 1 is 0.925 bits per heavy atom. The first-order valence-electron chi connectivity index (χ1n) is 12.6. The maximum atomic E-state index is 13.5. The highest BCUT2D eigenvalue weighted by Crippen LogP contribution is 2.38. The molecule has 9 nitrogen and oxygen atoms in total. The molecule has 0 atom stereocenters. The van der Waals surface area contributed by atoms with Crippen LogP contribution < -0.4 is 20.1 Å². The van der Waals surface area contributed by atoms with Crippen molar-refractivity contribution in [3.63, 3.8) is 0 Å². The summed E-state index contributed by atoms with van der Waals surface area (Å²) in [6, 6.07) is 19.5. The van der Waals surface area contributed by atoms with Crippen molar-refractivity contribution in [2.45, 2.75) is 18.2 Å². The molecule has 10 heteroatoms. The van der Waals surface area contributed by atoms with E-state index in [4.69, 9.17) is 14.2 Å². The number of methoxy groups -OCH3 is 3. The van der Waals surface area contributed by atoms with Crippen LogP contribution in [0.1, 0.15) is 22.3 Å². The molecule has 40 heavy (non-hydrogen) atoms. The van der Waals surface area contributed by atoms with Crippen LogP contribution in [0.2, 0.25) is 0 Å². The zero-order chi connectivity index (χ0) is 28.6. The molecular weight excluding hydrogens is 530 g/mol. The number of anilines is 2. The Morgan fingerprint density at radius 2 is 1.73 bits per heavy atom. The topological polar surface area (TPSA) is 106 Å². The Labute approximate surface area is 237 Å². The van der Waals surface area contributed by atoms with Crippen molar-refractivity contribution < 1.29 is 28.6 Å². The van der Waals surface area contributed by atoms with E-state index in [-0.39, 0.29) is 23.1 Å². The number of ether oxygens (including phenoxy) is 3. The van der Waals surface area contributed by atoms with Crippen molar-refractivity contribution >= 4 is 40.9 Å². The van der Waals surface area contributed by atoms with E-state index < -0.39 is 11.8 Å². The minimum absolute atomic E-state index is 0.169. The third kappa shape index (κ3) is 6.64. The van der Waals surface area contributed by atoms with E-state index in [1.807, 2.05) is 25.1 Å². The normalized spacial score (nSPS) is 13.1. The fraction of sp³-hybridized carbons (Fsp3) is 0.233. The van der Waals surface area contributed by atoms with Crippen molar-refractivity contribution in [1.82, 2.24) is 4.90 Å². The van der Waals surface area contributed by atoms with Gasteiger partial charge in [-0.05, 0) is 67.4 Å². The van der Waals surface area contributed by atoms with Crippen LogP contribution in [0.5, 0.6) is 11.5 Å². The minimum atomic E-state index is -0.422. The van der Waals surface area contributed by atoms with E-state index in [0.29, 0.717) is 46.4 Å². The number of thioether (sulfide) groups is 1. The molecular formula is C30H31N3O6S. The van der Waals surface area contributed by atoms with Crippen LogP contribution in [0.3, 0.4) is 0 Å². The van der Waals surface area contributed by atoms with Gasteiger partial charge in [0.05, 0.1) is 19.9 Å². The van der Waals surface area contributed by atoms with Crippen LogP contribution >= 0.6 is 11.8 Å². The second-order valence-electron chi connectivity index (χ2n) is 8.96. The zero-order valence-corrected chi connectivity index (χ0v) is 23.6. The van der Waals surface area contributed by atoms with E-state index in [9.17, 15) is 14.4 Å². The number of imide groups is 1. The summed E-state index contributed by atoms with van der Waals surface area (Å²) in [5, 5.41) is 6.04. The number of amides is 3. The number of hydrogen-bond acceptors (Lipinski definition) is 8. The molecule has 0 saturated heterocycles. The summed E-state index contributed by atoms with van der Waals surface area (Å²) in [5.74, 6) is 0.00250. The van der Waals surface area contributed by atoms with Gasteiger partial charge in [-0.3, -0.25) is 19.3 Å². The van der Waals surface area contributed by atoms with E-state index >= 15 is 0 Å². The molecule has 1 heterocycles. The monoisotopic (exact) mass is 561 g/mol. The highest BCUT2D eigenvalue weighted by molar-refractivity contribution is 8.04. The summed E-state index contributed by atoms with van der Waals surface area (Å²) in [6.45, 7) is 2.57. The summed E-state index contributed by atoms with van der Waals surface area (Å²) in [6.07, 6.45) is 0.513. The molecule has 0 aromatic heterocycles. The molecule has 0 spiro atoms. The number of benzene rings is 3. The second kappa shape index (κ2) is 13.2. The van der Waals surface area contributed by atoms with Crippen LogP contribution in [0, 0.1) is 6.92 Å². The third-order valence-corrected chi connectivity index (χ3v) is 7.19. The van der Waals surface area contributed by atoms with Gasteiger partial charge in [-0.1, -0.05) is 30.0 Å². The predicted octanol–water partition coefficient (Wildman–Crippen LogP) is 5.09. The van der Waals surface area contributed by atoms with Gasteiger partial charge in [0.1, 0.15) is 22.1 Å². The summed E-state index contributed by atoms with van der Waals surface area (Å²) >= 11 is 1.16. The van der Waals surface area contributed by atoms with Gasteiger partial charge in [0.2, 0.25) is 0 Å². The Bertz CT molecular complexity index is 1450. The van der Waals surface area contributed by atoms with E-state index in [1.54, 1.807) is 69.9 Å². The smallest absolute Gasteiger partial charge is 0.278 e. The van der Waals surface area contributed by atoms with Crippen LogP contribution in [-0.2, 0) is 14.3 Å². The fourth-order valence-corrected chi connectivity index (χ4v) is 5.11. The average molecular weight is 562 g/mol. The molecule has 0 aliphatic carbocycles. The first-order valence-corrected chi connectivity index (χ1v) is 13.4. The molecule has 0 saturated carbocycles. The van der Waals surface area contributed by atoms with Crippen molar-refractivity contribution in [1.29, 1.82) is 0 Å². The number of aryl methyl sites for hydroxylation is 1. The lowest BCUT2D eigenvalue weighted by Crippen LogP contribution is -2.33. The van der Waals surface area contributed by atoms with Crippen LogP contribution in [0.4, 0.5) is 11.4 Å². The van der Waals surface area contributed by atoms with Crippen molar-refractivity contribution in [3.05, 3.63) is 88.5 Å². The predicted molar refractivity (Wildman–Crippen MR) is 155 cm³/mol. The molecule has 4 rings (SSSR count). The number of hydrogen-bond donors (Lipinski definition) is 2. The van der Waals surface area contributed by atoms with Gasteiger partial charge in [-0.2, -0.15) is 0 Å². The van der Waals surface area contributed by atoms with E-state index in [2.05, 4.69) is 10.6 Å². The summed E-state index contributed by atoms with van der Waals surface area (Å²) in [5.41, 5.74) is 2.70. The quantitative estimate of drug-likeness (QED) is 0.233. The second-order valence-corrected chi connectivity index (χ2v) is 10.0. The lowest BCUT2D eigenvalue weighted by Gasteiger charge is -2.15. The molecule has 1 aliphatic rings. The molecule has 0 bridgehead atoms. The van der Waals surface area contributed by atoms with Gasteiger partial charge in [-0.15, -0.1) is 0 Å². The maximum Gasteiger partial charge on any atom is 0.278 e. The van der Waals surface area contributed by atoms with E-state index in [1.165, 1.54) is 4.90 Å². The van der Waals surface area contributed by atoms with Gasteiger partial charge < -0.3 is 24.8 Å². The minimum Gasteiger partial charge on any atom is -0.497 e. The first-order chi connectivity index (χ1) is 19.3. The molecule has 0 radical (unpaired) electrons. The Morgan fingerprint density at radius 3 is 2.48 bits per heavy atom. The van der Waals surface area contributed by atoms with Gasteiger partial charge in [0.25, 0.3) is 17.7 Å². The summed E-state index contributed by atoms with van der Waals surface area (Å²) in [7, 11) is 4.66. The molecule has 3 aromatic rings. The molecule has 2 N–H and O–H groups in total. The molecule has 3 amide bonds. The summed E-state index contributed by atoms with van der Waals surface area (Å²) in [4.78, 5) is 41.9.